The number of nitrogens with zero attached hydrogens (tertiary/aromatic N) is 3. The molecule has 1 saturated heterocycles. The molecule has 50 heavy (non-hydrogen) atoms. The zero-order valence-corrected chi connectivity index (χ0v) is 30.4. The Morgan fingerprint density at radius 2 is 1.86 bits per heavy atom. The molecule has 0 aliphatic carbocycles. The third-order valence-electron chi connectivity index (χ3n) is 8.13. The Labute approximate surface area is 305 Å². The van der Waals surface area contributed by atoms with Crippen LogP contribution in [0.5, 0.6) is 0 Å². The second-order valence-electron chi connectivity index (χ2n) is 12.8. The zero-order chi connectivity index (χ0) is 36.6. The van der Waals surface area contributed by atoms with Crippen molar-refractivity contribution < 1.29 is 29.0 Å². The van der Waals surface area contributed by atoms with E-state index in [1.165, 1.54) is 11.9 Å². The number of hydrazine groups is 1. The molecule has 4 rings (SSSR count). The summed E-state index contributed by atoms with van der Waals surface area (Å²) in [7, 11) is 0. The Kier molecular flexibility index (Phi) is 13.2. The fraction of sp³-hybridized carbons (Fsp3) is 0.429. The van der Waals surface area contributed by atoms with Gasteiger partial charge in [-0.3, -0.25) is 34.2 Å². The van der Waals surface area contributed by atoms with Gasteiger partial charge >= 0.3 is 5.97 Å². The predicted octanol–water partition coefficient (Wildman–Crippen LogP) is 4.36. The zero-order valence-electron chi connectivity index (χ0n) is 28.2. The molecular formula is C35H41Cl3N6O6. The summed E-state index contributed by atoms with van der Waals surface area (Å²) in [6.07, 6.45) is 8.75. The summed E-state index contributed by atoms with van der Waals surface area (Å²) in [5.74, 6) is -2.18. The summed E-state index contributed by atoms with van der Waals surface area (Å²) < 4.78 is 3.28. The van der Waals surface area contributed by atoms with Gasteiger partial charge in [0.05, 0.1) is 17.2 Å². The number of aliphatic hydroxyl groups excluding tert-OH is 1. The minimum Gasteiger partial charge on any atom is -0.460 e. The van der Waals surface area contributed by atoms with E-state index < -0.39 is 63.7 Å². The van der Waals surface area contributed by atoms with Crippen LogP contribution in [0.3, 0.4) is 0 Å². The topological polar surface area (TPSA) is 163 Å². The highest BCUT2D eigenvalue weighted by atomic mass is 35.6. The van der Waals surface area contributed by atoms with Crippen LogP contribution >= 0.6 is 34.8 Å². The SMILES string of the molecule is C[C@H](NC(=O)[C@H](Cc1cccnc1)NC(=O)C(C)(C)C=Cc1cc2cc([C@@H](C)O)ccc2cn1)C(=O)N1CCC[C@@H](C(=O)OCC(Cl)(Cl)Cl)N1. The van der Waals surface area contributed by atoms with Crippen LogP contribution in [0, 0.1) is 5.41 Å². The third kappa shape index (κ3) is 11.1. The molecule has 3 heterocycles. The van der Waals surface area contributed by atoms with Crippen LogP contribution < -0.4 is 16.1 Å². The minimum atomic E-state index is -1.77. The highest BCUT2D eigenvalue weighted by molar-refractivity contribution is 6.67. The molecule has 3 amide bonds. The van der Waals surface area contributed by atoms with Crippen molar-refractivity contribution in [3.05, 3.63) is 77.9 Å². The molecule has 1 aliphatic heterocycles. The molecule has 2 aromatic heterocycles. The van der Waals surface area contributed by atoms with Crippen LogP contribution in [0.2, 0.25) is 0 Å². The standard InChI is InChI=1S/C35H41Cl3N6O6/c1-21(31(47)44-14-6-8-28(43-44)32(48)50-20-35(36,37)38)41-30(46)29(15-23-7-5-13-39-18-23)42-33(49)34(3,4)12-11-27-17-26-16-24(22(2)45)9-10-25(26)19-40-27/h5,7,9-13,16-19,21-22,28-29,43,45H,6,8,14-15,20H2,1-4H3,(H,41,46)(H,42,49)/t21-,22+,28-,29-/m0/s1. The van der Waals surface area contributed by atoms with E-state index in [2.05, 4.69) is 26.0 Å². The summed E-state index contributed by atoms with van der Waals surface area (Å²) >= 11 is 17.0. The number of carbonyl (C=O) groups is 4. The first kappa shape index (κ1) is 39.0. The normalized spacial score (nSPS) is 17.2. The number of aliphatic hydroxyl groups is 1. The van der Waals surface area contributed by atoms with Gasteiger partial charge in [0.25, 0.3) is 5.91 Å². The number of nitrogens with one attached hydrogen (secondary N) is 3. The number of alkyl halides is 3. The number of fused-ring (bicyclic) bond motifs is 1. The average Bonchev–Trinajstić information content (AvgIpc) is 3.08. The predicted molar refractivity (Wildman–Crippen MR) is 192 cm³/mol. The molecule has 1 aliphatic rings. The first-order valence-corrected chi connectivity index (χ1v) is 17.2. The number of carbonyl (C=O) groups excluding carboxylic acids is 4. The van der Waals surface area contributed by atoms with Gasteiger partial charge in [0, 0.05) is 36.9 Å². The van der Waals surface area contributed by atoms with Crippen molar-refractivity contribution in [1.82, 2.24) is 31.0 Å². The molecule has 4 atom stereocenters. The largest absolute Gasteiger partial charge is 0.460 e. The van der Waals surface area contributed by atoms with Crippen LogP contribution in [0.4, 0.5) is 0 Å². The first-order valence-electron chi connectivity index (χ1n) is 16.1. The molecule has 15 heteroatoms. The van der Waals surface area contributed by atoms with Crippen LogP contribution in [0.15, 0.2) is 61.1 Å². The maximum absolute atomic E-state index is 13.6. The second kappa shape index (κ2) is 16.9. The lowest BCUT2D eigenvalue weighted by atomic mass is 9.90. The molecule has 4 N–H and O–H groups in total. The Morgan fingerprint density at radius 3 is 2.54 bits per heavy atom. The fourth-order valence-corrected chi connectivity index (χ4v) is 5.35. The second-order valence-corrected chi connectivity index (χ2v) is 15.3. The number of ether oxygens (including phenoxy) is 1. The number of pyridine rings is 2. The van der Waals surface area contributed by atoms with E-state index in [0.717, 1.165) is 16.3 Å². The van der Waals surface area contributed by atoms with Gasteiger partial charge in [-0.25, -0.2) is 5.43 Å². The van der Waals surface area contributed by atoms with Crippen molar-refractivity contribution >= 4 is 75.3 Å². The van der Waals surface area contributed by atoms with Gasteiger partial charge in [-0.1, -0.05) is 59.1 Å². The van der Waals surface area contributed by atoms with E-state index in [0.29, 0.717) is 24.1 Å². The Balaban J connectivity index is 1.43. The van der Waals surface area contributed by atoms with Crippen molar-refractivity contribution in [3.63, 3.8) is 0 Å². The summed E-state index contributed by atoms with van der Waals surface area (Å²) in [5.41, 5.74) is 3.87. The number of esters is 1. The van der Waals surface area contributed by atoms with Gasteiger partial charge in [-0.2, -0.15) is 0 Å². The molecular weight excluding hydrogens is 707 g/mol. The van der Waals surface area contributed by atoms with Crippen LogP contribution in [0.1, 0.15) is 63.5 Å². The third-order valence-corrected chi connectivity index (χ3v) is 8.46. The molecule has 1 fully saturated rings. The number of rotatable bonds is 12. The first-order chi connectivity index (χ1) is 23.5. The van der Waals surface area contributed by atoms with E-state index in [9.17, 15) is 24.3 Å². The lowest BCUT2D eigenvalue weighted by molar-refractivity contribution is -0.152. The summed E-state index contributed by atoms with van der Waals surface area (Å²) in [6.45, 7) is 6.49. The summed E-state index contributed by atoms with van der Waals surface area (Å²) in [5, 5.41) is 18.6. The van der Waals surface area contributed by atoms with E-state index in [4.69, 9.17) is 39.5 Å². The van der Waals surface area contributed by atoms with Gasteiger partial charge in [-0.05, 0) is 81.3 Å². The number of hydrogen-bond acceptors (Lipinski definition) is 9. The molecule has 3 aromatic rings. The lowest BCUT2D eigenvalue weighted by Crippen LogP contribution is -2.61. The maximum atomic E-state index is 13.6. The summed E-state index contributed by atoms with van der Waals surface area (Å²) in [6, 6.07) is 8.11. The summed E-state index contributed by atoms with van der Waals surface area (Å²) in [4.78, 5) is 61.7. The van der Waals surface area contributed by atoms with Crippen LogP contribution in [-0.4, -0.2) is 78.8 Å². The number of benzene rings is 1. The molecule has 0 unspecified atom stereocenters. The number of amides is 3. The maximum Gasteiger partial charge on any atom is 0.325 e. The molecule has 12 nitrogen and oxygen atoms in total. The molecule has 0 saturated carbocycles. The van der Waals surface area contributed by atoms with E-state index in [1.54, 1.807) is 63.6 Å². The minimum absolute atomic E-state index is 0.114. The van der Waals surface area contributed by atoms with Crippen molar-refractivity contribution in [2.75, 3.05) is 13.2 Å². The quantitative estimate of drug-likeness (QED) is 0.156. The van der Waals surface area contributed by atoms with E-state index in [-0.39, 0.29) is 13.0 Å². The highest BCUT2D eigenvalue weighted by Crippen LogP contribution is 2.27. The number of halogens is 3. The van der Waals surface area contributed by atoms with Gasteiger partial charge < -0.3 is 20.5 Å². The Hall–Kier alpha value is -3.81. The molecule has 0 bridgehead atoms. The lowest BCUT2D eigenvalue weighted by Gasteiger charge is -2.34. The highest BCUT2D eigenvalue weighted by Gasteiger charge is 2.35. The average molecular weight is 748 g/mol. The Bertz CT molecular complexity index is 1720. The van der Waals surface area contributed by atoms with Gasteiger partial charge in [0.2, 0.25) is 15.6 Å². The van der Waals surface area contributed by atoms with Crippen molar-refractivity contribution in [3.8, 4) is 0 Å². The number of aromatic nitrogens is 2. The van der Waals surface area contributed by atoms with Gasteiger partial charge in [0.15, 0.2) is 0 Å². The number of hydrogen-bond donors (Lipinski definition) is 4. The van der Waals surface area contributed by atoms with Crippen molar-refractivity contribution in [1.29, 1.82) is 0 Å². The van der Waals surface area contributed by atoms with Crippen LogP contribution in [0.25, 0.3) is 16.8 Å². The van der Waals surface area contributed by atoms with Crippen molar-refractivity contribution in [2.24, 2.45) is 5.41 Å². The van der Waals surface area contributed by atoms with Crippen molar-refractivity contribution in [2.45, 2.75) is 75.0 Å². The van der Waals surface area contributed by atoms with E-state index in [1.807, 2.05) is 24.3 Å². The van der Waals surface area contributed by atoms with E-state index >= 15 is 0 Å². The fourth-order valence-electron chi connectivity index (χ4n) is 5.18. The molecule has 268 valence electrons. The van der Waals surface area contributed by atoms with Gasteiger partial charge in [-0.15, -0.1) is 0 Å². The molecule has 0 spiro atoms. The molecule has 1 aromatic carbocycles. The molecule has 0 radical (unpaired) electrons. The van der Waals surface area contributed by atoms with Gasteiger partial charge in [0.1, 0.15) is 24.7 Å². The smallest absolute Gasteiger partial charge is 0.325 e. The monoisotopic (exact) mass is 746 g/mol. The Morgan fingerprint density at radius 1 is 1.10 bits per heavy atom. The van der Waals surface area contributed by atoms with Crippen LogP contribution in [-0.2, 0) is 30.3 Å².